The zero-order valence-electron chi connectivity index (χ0n) is 21.5. The van der Waals surface area contributed by atoms with Crippen molar-refractivity contribution in [2.75, 3.05) is 31.3 Å². The standard InChI is InChI=1S/C20H33N5O12S2/c1-4-36-18(32)13(24-19(33)20(2,3)10-37-25(34)35)9-39-38-8-12(16(29)22-7-15(27)28)23-14(26)6-5-11(21)17(30)31/h11-13H,4-10,21H2,1-3H3,(H,22,29)(H,23,26)(H,24,33)(H,27,28)(H,30,31)/t11-,12-,13+/m0/s1. The van der Waals surface area contributed by atoms with Crippen molar-refractivity contribution in [2.45, 2.75) is 51.7 Å². The summed E-state index contributed by atoms with van der Waals surface area (Å²) in [7, 11) is 2.03. The summed E-state index contributed by atoms with van der Waals surface area (Å²) in [5, 5.41) is 34.0. The molecule has 3 atom stereocenters. The first kappa shape index (κ1) is 35.7. The molecular weight excluding hydrogens is 566 g/mol. The van der Waals surface area contributed by atoms with Gasteiger partial charge in [-0.05, 0) is 27.2 Å². The zero-order chi connectivity index (χ0) is 30.2. The third-order valence-electron chi connectivity index (χ3n) is 4.64. The Labute approximate surface area is 231 Å². The quantitative estimate of drug-likeness (QED) is 0.0306. The summed E-state index contributed by atoms with van der Waals surface area (Å²) in [6.07, 6.45) is -0.503. The summed E-state index contributed by atoms with van der Waals surface area (Å²) in [5.74, 6) is -5.78. The first-order valence-electron chi connectivity index (χ1n) is 11.4. The SMILES string of the molecule is CCOC(=O)[C@@H](CSSC[C@H](NC(=O)CC[C@H](N)C(=O)O)C(=O)NCC(=O)O)NC(=O)C(C)(C)CO[N+](=O)[O-]. The second-order valence-electron chi connectivity index (χ2n) is 8.44. The fraction of sp³-hybridized carbons (Fsp3) is 0.700. The largest absolute Gasteiger partial charge is 0.480 e. The predicted molar refractivity (Wildman–Crippen MR) is 138 cm³/mol. The number of hydrogen-bond donors (Lipinski definition) is 6. The van der Waals surface area contributed by atoms with Crippen LogP contribution in [-0.2, 0) is 38.3 Å². The van der Waals surface area contributed by atoms with Gasteiger partial charge in [0.15, 0.2) is 0 Å². The summed E-state index contributed by atoms with van der Waals surface area (Å²) >= 11 is 0. The molecule has 0 unspecified atom stereocenters. The van der Waals surface area contributed by atoms with Crippen molar-refractivity contribution in [3.8, 4) is 0 Å². The van der Waals surface area contributed by atoms with Gasteiger partial charge >= 0.3 is 17.9 Å². The Bertz CT molecular complexity index is 904. The lowest BCUT2D eigenvalue weighted by Crippen LogP contribution is -2.50. The van der Waals surface area contributed by atoms with Gasteiger partial charge in [-0.25, -0.2) is 4.79 Å². The maximum Gasteiger partial charge on any atom is 0.329 e. The third kappa shape index (κ3) is 15.6. The molecule has 7 N–H and O–H groups in total. The van der Waals surface area contributed by atoms with Crippen LogP contribution in [0.25, 0.3) is 0 Å². The number of carboxylic acids is 2. The number of ether oxygens (including phenoxy) is 1. The van der Waals surface area contributed by atoms with Crippen LogP contribution in [0.1, 0.15) is 33.6 Å². The highest BCUT2D eigenvalue weighted by Gasteiger charge is 2.33. The Balaban J connectivity index is 5.20. The molecule has 0 spiro atoms. The zero-order valence-corrected chi connectivity index (χ0v) is 23.1. The molecule has 0 aromatic carbocycles. The normalized spacial score (nSPS) is 13.2. The van der Waals surface area contributed by atoms with Gasteiger partial charge in [0.2, 0.25) is 17.7 Å². The average molecular weight is 600 g/mol. The van der Waals surface area contributed by atoms with Gasteiger partial charge in [-0.15, -0.1) is 10.1 Å². The smallest absolute Gasteiger partial charge is 0.329 e. The van der Waals surface area contributed by atoms with Gasteiger partial charge in [0.05, 0.1) is 12.0 Å². The number of nitrogens with zero attached hydrogens (tertiary/aromatic N) is 1. The van der Waals surface area contributed by atoms with Gasteiger partial charge in [-0.3, -0.25) is 24.0 Å². The molecule has 0 bridgehead atoms. The predicted octanol–water partition coefficient (Wildman–Crippen LogP) is -1.47. The Hall–Kier alpha value is -3.32. The Morgan fingerprint density at radius 1 is 1.05 bits per heavy atom. The van der Waals surface area contributed by atoms with Gasteiger partial charge in [0.1, 0.15) is 31.3 Å². The van der Waals surface area contributed by atoms with Crippen LogP contribution < -0.4 is 21.7 Å². The van der Waals surface area contributed by atoms with Crippen LogP contribution in [0.5, 0.6) is 0 Å². The second kappa shape index (κ2) is 18.1. The number of carbonyl (C=O) groups excluding carboxylic acids is 4. The molecule has 0 rings (SSSR count). The van der Waals surface area contributed by atoms with Gasteiger partial charge in [-0.2, -0.15) is 0 Å². The molecule has 17 nitrogen and oxygen atoms in total. The van der Waals surface area contributed by atoms with Crippen LogP contribution in [0.3, 0.4) is 0 Å². The first-order valence-corrected chi connectivity index (χ1v) is 13.9. The summed E-state index contributed by atoms with van der Waals surface area (Å²) in [5.41, 5.74) is 4.00. The van der Waals surface area contributed by atoms with E-state index in [1.165, 1.54) is 13.8 Å². The molecule has 222 valence electrons. The van der Waals surface area contributed by atoms with Crippen LogP contribution in [0.2, 0.25) is 0 Å². The maximum absolute atomic E-state index is 12.6. The van der Waals surface area contributed by atoms with E-state index in [0.29, 0.717) is 0 Å². The lowest BCUT2D eigenvalue weighted by Gasteiger charge is -2.25. The van der Waals surface area contributed by atoms with Crippen LogP contribution >= 0.6 is 21.6 Å². The number of rotatable bonds is 20. The number of amides is 3. The van der Waals surface area contributed by atoms with Crippen molar-refractivity contribution in [1.82, 2.24) is 16.0 Å². The Morgan fingerprint density at radius 2 is 1.64 bits per heavy atom. The fourth-order valence-electron chi connectivity index (χ4n) is 2.42. The number of esters is 1. The highest BCUT2D eigenvalue weighted by atomic mass is 33.1. The van der Waals surface area contributed by atoms with E-state index in [2.05, 4.69) is 20.8 Å². The van der Waals surface area contributed by atoms with E-state index < -0.39 is 77.4 Å². The Morgan fingerprint density at radius 3 is 2.15 bits per heavy atom. The summed E-state index contributed by atoms with van der Waals surface area (Å²) < 4.78 is 4.96. The number of carboxylic acid groups (broad SMARTS) is 2. The molecule has 0 aliphatic heterocycles. The molecule has 0 radical (unpaired) electrons. The van der Waals surface area contributed by atoms with Crippen LogP contribution in [0.15, 0.2) is 0 Å². The summed E-state index contributed by atoms with van der Waals surface area (Å²) in [4.78, 5) is 85.9. The molecule has 0 fully saturated rings. The topological polar surface area (TPSA) is 267 Å². The van der Waals surface area contributed by atoms with E-state index in [9.17, 15) is 38.9 Å². The van der Waals surface area contributed by atoms with E-state index >= 15 is 0 Å². The van der Waals surface area contributed by atoms with Gasteiger partial charge in [0, 0.05) is 17.9 Å². The minimum absolute atomic E-state index is 0.0141. The fourth-order valence-corrected chi connectivity index (χ4v) is 4.74. The molecule has 39 heavy (non-hydrogen) atoms. The average Bonchev–Trinajstić information content (AvgIpc) is 2.85. The monoisotopic (exact) mass is 599 g/mol. The van der Waals surface area contributed by atoms with Crippen LogP contribution in [-0.4, -0.2) is 100 Å². The van der Waals surface area contributed by atoms with Crippen molar-refractivity contribution in [3.63, 3.8) is 0 Å². The van der Waals surface area contributed by atoms with Crippen LogP contribution in [0, 0.1) is 15.5 Å². The van der Waals surface area contributed by atoms with E-state index in [1.807, 2.05) is 0 Å². The Kier molecular flexibility index (Phi) is 16.5. The third-order valence-corrected chi connectivity index (χ3v) is 7.06. The molecule has 0 aliphatic carbocycles. The molecule has 0 heterocycles. The molecule has 0 saturated carbocycles. The van der Waals surface area contributed by atoms with Gasteiger partial charge in [0.25, 0.3) is 5.09 Å². The minimum atomic E-state index is -1.36. The molecule has 0 saturated heterocycles. The van der Waals surface area contributed by atoms with Crippen molar-refractivity contribution in [3.05, 3.63) is 10.1 Å². The van der Waals surface area contributed by atoms with E-state index in [1.54, 1.807) is 6.92 Å². The molecule has 0 aromatic rings. The van der Waals surface area contributed by atoms with Gasteiger partial charge in [-0.1, -0.05) is 21.6 Å². The lowest BCUT2D eigenvalue weighted by molar-refractivity contribution is -0.760. The van der Waals surface area contributed by atoms with E-state index in [-0.39, 0.29) is 31.0 Å². The van der Waals surface area contributed by atoms with Gasteiger partial charge < -0.3 is 41.5 Å². The molecule has 0 aliphatic rings. The maximum atomic E-state index is 12.6. The highest BCUT2D eigenvalue weighted by molar-refractivity contribution is 8.76. The number of nitrogens with two attached hydrogens (primary N) is 1. The van der Waals surface area contributed by atoms with Crippen molar-refractivity contribution in [2.24, 2.45) is 11.1 Å². The number of carbonyl (C=O) groups is 6. The lowest BCUT2D eigenvalue weighted by atomic mass is 9.93. The van der Waals surface area contributed by atoms with Crippen LogP contribution in [0.4, 0.5) is 0 Å². The van der Waals surface area contributed by atoms with Crippen molar-refractivity contribution >= 4 is 57.2 Å². The van der Waals surface area contributed by atoms with E-state index in [0.717, 1.165) is 21.6 Å². The number of hydrogen-bond acceptors (Lipinski definition) is 13. The molecule has 3 amide bonds. The molecule has 0 aromatic heterocycles. The first-order chi connectivity index (χ1) is 18.1. The summed E-state index contributed by atoms with van der Waals surface area (Å²) in [6.45, 7) is 3.05. The molecular formula is C20H33N5O12S2. The van der Waals surface area contributed by atoms with E-state index in [4.69, 9.17) is 20.7 Å². The molecule has 19 heteroatoms. The minimum Gasteiger partial charge on any atom is -0.480 e. The van der Waals surface area contributed by atoms with Crippen molar-refractivity contribution in [1.29, 1.82) is 0 Å². The number of nitrogens with one attached hydrogen (secondary N) is 3. The summed E-state index contributed by atoms with van der Waals surface area (Å²) in [6, 6.07) is -3.67. The number of aliphatic carboxylic acids is 2. The second-order valence-corrected chi connectivity index (χ2v) is 11.0. The van der Waals surface area contributed by atoms with Crippen molar-refractivity contribution < 1.29 is 53.6 Å². The highest BCUT2D eigenvalue weighted by Crippen LogP contribution is 2.24.